The molecule has 2 aromatic carbocycles. The molecule has 26 heavy (non-hydrogen) atoms. The van der Waals surface area contributed by atoms with Crippen LogP contribution < -0.4 is 10.6 Å². The van der Waals surface area contributed by atoms with Crippen LogP contribution in [0.15, 0.2) is 60.8 Å². The number of hydrogen-bond acceptors (Lipinski definition) is 4. The third kappa shape index (κ3) is 4.25. The fraction of sp³-hybridized carbons (Fsp3) is 0.190. The average molecular weight is 346 g/mol. The minimum Gasteiger partial charge on any atom is -0.347 e. The summed E-state index contributed by atoms with van der Waals surface area (Å²) in [5.41, 5.74) is 4.70. The standard InChI is InChI=1S/C21H22N4O/c1-3-16-9-6-7-11-18(16)24-21-22-13-12-19(25-21)20(26)23-14-17-10-5-4-8-15(17)2/h4-13H,3,14H2,1-2H3,(H,23,26)(H,22,24,25). The Hall–Kier alpha value is -3.21. The van der Waals surface area contributed by atoms with Crippen LogP contribution in [0.5, 0.6) is 0 Å². The molecule has 0 aliphatic rings. The molecule has 0 atom stereocenters. The lowest BCUT2D eigenvalue weighted by atomic mass is 10.1. The van der Waals surface area contributed by atoms with Crippen LogP contribution in [0.3, 0.4) is 0 Å². The third-order valence-corrected chi connectivity index (χ3v) is 4.23. The Balaban J connectivity index is 1.70. The molecule has 0 saturated heterocycles. The molecule has 1 amide bonds. The summed E-state index contributed by atoms with van der Waals surface area (Å²) >= 11 is 0. The van der Waals surface area contributed by atoms with Gasteiger partial charge >= 0.3 is 0 Å². The van der Waals surface area contributed by atoms with Gasteiger partial charge < -0.3 is 10.6 Å². The van der Waals surface area contributed by atoms with Crippen molar-refractivity contribution in [3.05, 3.63) is 83.2 Å². The van der Waals surface area contributed by atoms with E-state index in [4.69, 9.17) is 0 Å². The van der Waals surface area contributed by atoms with Gasteiger partial charge in [0.05, 0.1) is 0 Å². The number of aryl methyl sites for hydroxylation is 2. The Kier molecular flexibility index (Phi) is 5.59. The van der Waals surface area contributed by atoms with Gasteiger partial charge in [0, 0.05) is 18.4 Å². The number of nitrogens with one attached hydrogen (secondary N) is 2. The molecule has 0 bridgehead atoms. The summed E-state index contributed by atoms with van der Waals surface area (Å²) in [4.78, 5) is 21.0. The molecule has 0 aliphatic carbocycles. The van der Waals surface area contributed by atoms with Gasteiger partial charge in [0.15, 0.2) is 0 Å². The van der Waals surface area contributed by atoms with Crippen molar-refractivity contribution in [3.8, 4) is 0 Å². The number of hydrogen-bond donors (Lipinski definition) is 2. The SMILES string of the molecule is CCc1ccccc1Nc1nccc(C(=O)NCc2ccccc2C)n1. The second-order valence-corrected chi connectivity index (χ2v) is 6.01. The van der Waals surface area contributed by atoms with E-state index in [0.717, 1.165) is 23.2 Å². The van der Waals surface area contributed by atoms with Crippen molar-refractivity contribution in [2.45, 2.75) is 26.8 Å². The lowest BCUT2D eigenvalue weighted by molar-refractivity contribution is 0.0946. The summed E-state index contributed by atoms with van der Waals surface area (Å²) < 4.78 is 0. The average Bonchev–Trinajstić information content (AvgIpc) is 2.68. The highest BCUT2D eigenvalue weighted by molar-refractivity contribution is 5.92. The maximum absolute atomic E-state index is 12.4. The van der Waals surface area contributed by atoms with E-state index in [-0.39, 0.29) is 5.91 Å². The Morgan fingerprint density at radius 2 is 1.73 bits per heavy atom. The van der Waals surface area contributed by atoms with E-state index in [1.807, 2.05) is 49.4 Å². The van der Waals surface area contributed by atoms with Crippen LogP contribution in [-0.2, 0) is 13.0 Å². The van der Waals surface area contributed by atoms with Crippen molar-refractivity contribution in [3.63, 3.8) is 0 Å². The smallest absolute Gasteiger partial charge is 0.270 e. The Labute approximate surface area is 153 Å². The fourth-order valence-corrected chi connectivity index (χ4v) is 2.69. The van der Waals surface area contributed by atoms with Gasteiger partial charge in [-0.25, -0.2) is 9.97 Å². The number of carbonyl (C=O) groups is 1. The lowest BCUT2D eigenvalue weighted by Gasteiger charge is -2.11. The van der Waals surface area contributed by atoms with Crippen LogP contribution in [0.25, 0.3) is 0 Å². The Bertz CT molecular complexity index is 908. The predicted molar refractivity (Wildman–Crippen MR) is 103 cm³/mol. The van der Waals surface area contributed by atoms with Crippen LogP contribution in [0.1, 0.15) is 34.1 Å². The summed E-state index contributed by atoms with van der Waals surface area (Å²) in [7, 11) is 0. The topological polar surface area (TPSA) is 66.9 Å². The number of rotatable bonds is 6. The zero-order chi connectivity index (χ0) is 18.4. The van der Waals surface area contributed by atoms with Gasteiger partial charge in [-0.1, -0.05) is 49.4 Å². The second-order valence-electron chi connectivity index (χ2n) is 6.01. The van der Waals surface area contributed by atoms with Gasteiger partial charge in [-0.05, 0) is 42.2 Å². The van der Waals surface area contributed by atoms with Crippen LogP contribution in [0.2, 0.25) is 0 Å². The third-order valence-electron chi connectivity index (χ3n) is 4.23. The highest BCUT2D eigenvalue weighted by Gasteiger charge is 2.10. The largest absolute Gasteiger partial charge is 0.347 e. The molecular formula is C21H22N4O. The lowest BCUT2D eigenvalue weighted by Crippen LogP contribution is -2.24. The van der Waals surface area contributed by atoms with E-state index in [9.17, 15) is 4.79 Å². The first kappa shape index (κ1) is 17.6. The number of para-hydroxylation sites is 1. The van der Waals surface area contributed by atoms with Gasteiger partial charge in [0.25, 0.3) is 5.91 Å². The van der Waals surface area contributed by atoms with Crippen molar-refractivity contribution in [1.82, 2.24) is 15.3 Å². The van der Waals surface area contributed by atoms with Crippen molar-refractivity contribution >= 4 is 17.5 Å². The fourth-order valence-electron chi connectivity index (χ4n) is 2.69. The highest BCUT2D eigenvalue weighted by atomic mass is 16.1. The molecule has 0 spiro atoms. The molecule has 132 valence electrons. The molecule has 3 aromatic rings. The van der Waals surface area contributed by atoms with Crippen molar-refractivity contribution in [2.24, 2.45) is 0 Å². The quantitative estimate of drug-likeness (QED) is 0.707. The molecule has 1 heterocycles. The van der Waals surface area contributed by atoms with Gasteiger partial charge in [-0.2, -0.15) is 0 Å². The Morgan fingerprint density at radius 1 is 1.00 bits per heavy atom. The molecule has 0 saturated carbocycles. The minimum atomic E-state index is -0.220. The number of nitrogens with zero attached hydrogens (tertiary/aromatic N) is 2. The van der Waals surface area contributed by atoms with E-state index in [1.54, 1.807) is 12.3 Å². The number of anilines is 2. The van der Waals surface area contributed by atoms with Crippen molar-refractivity contribution in [1.29, 1.82) is 0 Å². The summed E-state index contributed by atoms with van der Waals surface area (Å²) in [6.45, 7) is 4.59. The summed E-state index contributed by atoms with van der Waals surface area (Å²) in [5, 5.41) is 6.11. The molecule has 1 aromatic heterocycles. The summed E-state index contributed by atoms with van der Waals surface area (Å²) in [6.07, 6.45) is 2.49. The van der Waals surface area contributed by atoms with Gasteiger partial charge in [0.1, 0.15) is 5.69 Å². The first-order valence-corrected chi connectivity index (χ1v) is 8.68. The number of amides is 1. The zero-order valence-corrected chi connectivity index (χ0v) is 15.0. The second kappa shape index (κ2) is 8.25. The summed E-state index contributed by atoms with van der Waals surface area (Å²) in [5.74, 6) is 0.192. The zero-order valence-electron chi connectivity index (χ0n) is 15.0. The van der Waals surface area contributed by atoms with Crippen molar-refractivity contribution in [2.75, 3.05) is 5.32 Å². The monoisotopic (exact) mass is 346 g/mol. The number of aromatic nitrogens is 2. The van der Waals surface area contributed by atoms with Gasteiger partial charge in [-0.3, -0.25) is 4.79 Å². The maximum atomic E-state index is 12.4. The van der Waals surface area contributed by atoms with Crippen LogP contribution in [0.4, 0.5) is 11.6 Å². The molecule has 2 N–H and O–H groups in total. The van der Waals surface area contributed by atoms with Crippen LogP contribution in [-0.4, -0.2) is 15.9 Å². The summed E-state index contributed by atoms with van der Waals surface area (Å²) in [6, 6.07) is 17.6. The van der Waals surface area contributed by atoms with Crippen LogP contribution in [0, 0.1) is 6.92 Å². The van der Waals surface area contributed by atoms with E-state index >= 15 is 0 Å². The van der Waals surface area contributed by atoms with Gasteiger partial charge in [-0.15, -0.1) is 0 Å². The molecular weight excluding hydrogens is 324 g/mol. The maximum Gasteiger partial charge on any atom is 0.270 e. The first-order valence-electron chi connectivity index (χ1n) is 8.68. The highest BCUT2D eigenvalue weighted by Crippen LogP contribution is 2.19. The molecule has 0 fully saturated rings. The molecule has 5 heteroatoms. The molecule has 0 radical (unpaired) electrons. The Morgan fingerprint density at radius 3 is 2.50 bits per heavy atom. The number of carbonyl (C=O) groups excluding carboxylic acids is 1. The first-order chi connectivity index (χ1) is 12.7. The van der Waals surface area contributed by atoms with E-state index < -0.39 is 0 Å². The van der Waals surface area contributed by atoms with E-state index in [2.05, 4.69) is 33.6 Å². The predicted octanol–water partition coefficient (Wildman–Crippen LogP) is 4.02. The molecule has 0 aliphatic heterocycles. The molecule has 5 nitrogen and oxygen atoms in total. The minimum absolute atomic E-state index is 0.220. The van der Waals surface area contributed by atoms with Gasteiger partial charge in [0.2, 0.25) is 5.95 Å². The number of benzene rings is 2. The van der Waals surface area contributed by atoms with Crippen LogP contribution >= 0.6 is 0 Å². The normalized spacial score (nSPS) is 10.4. The molecule has 0 unspecified atom stereocenters. The van der Waals surface area contributed by atoms with E-state index in [1.165, 1.54) is 5.56 Å². The molecule has 3 rings (SSSR count). The van der Waals surface area contributed by atoms with Crippen molar-refractivity contribution < 1.29 is 4.79 Å². The van der Waals surface area contributed by atoms with E-state index in [0.29, 0.717) is 18.2 Å².